The summed E-state index contributed by atoms with van der Waals surface area (Å²) >= 11 is 5.95. The van der Waals surface area contributed by atoms with Crippen LogP contribution in [0.4, 0.5) is 10.2 Å². The average Bonchev–Trinajstić information content (AvgIpc) is 2.55. The van der Waals surface area contributed by atoms with Gasteiger partial charge in [-0.15, -0.1) is 0 Å². The summed E-state index contributed by atoms with van der Waals surface area (Å²) in [5.74, 6) is 0.173. The summed E-state index contributed by atoms with van der Waals surface area (Å²) in [5.41, 5.74) is 0.330. The first-order valence-corrected chi connectivity index (χ1v) is 7.28. The van der Waals surface area contributed by atoms with Crippen molar-refractivity contribution in [3.8, 4) is 0 Å². The van der Waals surface area contributed by atoms with E-state index in [1.54, 1.807) is 23.5 Å². The molecule has 22 heavy (non-hydrogen) atoms. The Morgan fingerprint density at radius 1 is 1.18 bits per heavy atom. The lowest BCUT2D eigenvalue weighted by Crippen LogP contribution is -2.49. The van der Waals surface area contributed by atoms with Crippen molar-refractivity contribution in [3.63, 3.8) is 0 Å². The summed E-state index contributed by atoms with van der Waals surface area (Å²) in [6, 6.07) is 3.83. The summed E-state index contributed by atoms with van der Waals surface area (Å²) in [5, 5.41) is 0.140. The second kappa shape index (κ2) is 6.27. The second-order valence-corrected chi connectivity index (χ2v) is 5.37. The fraction of sp³-hybridized carbons (Fsp3) is 0.267. The number of anilines is 1. The predicted molar refractivity (Wildman–Crippen MR) is 81.6 cm³/mol. The Morgan fingerprint density at radius 2 is 1.95 bits per heavy atom. The molecule has 0 unspecified atom stereocenters. The molecule has 1 saturated heterocycles. The summed E-state index contributed by atoms with van der Waals surface area (Å²) in [6.45, 7) is 2.46. The summed E-state index contributed by atoms with van der Waals surface area (Å²) in [6.07, 6.45) is 4.97. The molecule has 2 aromatic rings. The van der Waals surface area contributed by atoms with Crippen LogP contribution >= 0.6 is 11.6 Å². The van der Waals surface area contributed by atoms with E-state index < -0.39 is 5.82 Å². The summed E-state index contributed by atoms with van der Waals surface area (Å²) in [7, 11) is 0. The lowest BCUT2D eigenvalue weighted by molar-refractivity contribution is 0.0746. The Balaban J connectivity index is 1.67. The molecule has 1 aliphatic heterocycles. The Kier molecular flexibility index (Phi) is 4.20. The average molecular weight is 321 g/mol. The minimum atomic E-state index is -0.450. The molecule has 0 radical (unpaired) electrons. The largest absolute Gasteiger partial charge is 0.352 e. The van der Waals surface area contributed by atoms with Gasteiger partial charge in [0.2, 0.25) is 0 Å². The molecule has 1 aliphatic rings. The molecule has 0 spiro atoms. The van der Waals surface area contributed by atoms with Gasteiger partial charge in [-0.05, 0) is 18.2 Å². The van der Waals surface area contributed by atoms with Gasteiger partial charge in [-0.1, -0.05) is 11.6 Å². The number of halogens is 2. The lowest BCUT2D eigenvalue weighted by atomic mass is 10.1. The second-order valence-electron chi connectivity index (χ2n) is 4.97. The number of nitrogens with zero attached hydrogens (tertiary/aromatic N) is 4. The molecule has 0 aliphatic carbocycles. The Labute approximate surface area is 132 Å². The molecule has 0 atom stereocenters. The van der Waals surface area contributed by atoms with Gasteiger partial charge in [0.25, 0.3) is 5.91 Å². The van der Waals surface area contributed by atoms with Crippen LogP contribution in [0, 0.1) is 5.82 Å². The lowest BCUT2D eigenvalue weighted by Gasteiger charge is -2.35. The highest BCUT2D eigenvalue weighted by Crippen LogP contribution is 2.20. The molecule has 0 saturated carbocycles. The third-order valence-electron chi connectivity index (χ3n) is 3.60. The topological polar surface area (TPSA) is 49.3 Å². The van der Waals surface area contributed by atoms with E-state index in [-0.39, 0.29) is 10.9 Å². The highest BCUT2D eigenvalue weighted by molar-refractivity contribution is 6.33. The number of carbonyl (C=O) groups is 1. The van der Waals surface area contributed by atoms with Crippen LogP contribution in [0.3, 0.4) is 0 Å². The van der Waals surface area contributed by atoms with Gasteiger partial charge in [-0.25, -0.2) is 9.37 Å². The Bertz CT molecular complexity index is 674. The van der Waals surface area contributed by atoms with E-state index >= 15 is 0 Å². The molecule has 1 aromatic heterocycles. The van der Waals surface area contributed by atoms with Crippen molar-refractivity contribution in [1.29, 1.82) is 0 Å². The smallest absolute Gasteiger partial charge is 0.255 e. The molecule has 5 nitrogen and oxygen atoms in total. The zero-order chi connectivity index (χ0) is 15.5. The van der Waals surface area contributed by atoms with Crippen LogP contribution in [0.15, 0.2) is 36.8 Å². The van der Waals surface area contributed by atoms with E-state index in [9.17, 15) is 9.18 Å². The van der Waals surface area contributed by atoms with Crippen LogP contribution in [-0.4, -0.2) is 47.0 Å². The van der Waals surface area contributed by atoms with Crippen LogP contribution in [0.25, 0.3) is 0 Å². The fourth-order valence-corrected chi connectivity index (χ4v) is 2.67. The van der Waals surface area contributed by atoms with Crippen molar-refractivity contribution in [2.75, 3.05) is 31.1 Å². The molecule has 2 heterocycles. The zero-order valence-electron chi connectivity index (χ0n) is 11.7. The van der Waals surface area contributed by atoms with E-state index in [0.29, 0.717) is 31.7 Å². The number of benzene rings is 1. The number of carbonyl (C=O) groups excluding carboxylic acids is 1. The summed E-state index contributed by atoms with van der Waals surface area (Å²) < 4.78 is 13.1. The number of hydrogen-bond acceptors (Lipinski definition) is 4. The van der Waals surface area contributed by atoms with Gasteiger partial charge in [-0.3, -0.25) is 9.78 Å². The van der Waals surface area contributed by atoms with E-state index in [2.05, 4.69) is 14.9 Å². The predicted octanol–water partition coefficient (Wildman–Crippen LogP) is 2.23. The van der Waals surface area contributed by atoms with Crippen LogP contribution in [0.1, 0.15) is 10.4 Å². The Morgan fingerprint density at radius 3 is 2.59 bits per heavy atom. The summed E-state index contributed by atoms with van der Waals surface area (Å²) in [4.78, 5) is 24.5. The van der Waals surface area contributed by atoms with Gasteiger partial charge in [0.05, 0.1) is 16.8 Å². The van der Waals surface area contributed by atoms with Crippen LogP contribution in [0.5, 0.6) is 0 Å². The van der Waals surface area contributed by atoms with E-state index in [0.717, 1.165) is 11.9 Å². The van der Waals surface area contributed by atoms with Gasteiger partial charge in [0.1, 0.15) is 11.6 Å². The first-order chi connectivity index (χ1) is 10.6. The number of rotatable bonds is 2. The first-order valence-electron chi connectivity index (χ1n) is 6.90. The number of hydrogen-bond donors (Lipinski definition) is 0. The molecular weight excluding hydrogens is 307 g/mol. The molecule has 114 valence electrons. The van der Waals surface area contributed by atoms with Crippen LogP contribution in [0.2, 0.25) is 5.02 Å². The third kappa shape index (κ3) is 3.01. The zero-order valence-corrected chi connectivity index (χ0v) is 12.5. The maximum atomic E-state index is 13.1. The van der Waals surface area contributed by atoms with Crippen molar-refractivity contribution in [2.45, 2.75) is 0 Å². The van der Waals surface area contributed by atoms with Crippen molar-refractivity contribution in [2.24, 2.45) is 0 Å². The quantitative estimate of drug-likeness (QED) is 0.851. The SMILES string of the molecule is O=C(c1ccc(F)cc1Cl)N1CCN(c2cnccn2)CC1. The van der Waals surface area contributed by atoms with Gasteiger partial charge in [-0.2, -0.15) is 0 Å². The van der Waals surface area contributed by atoms with E-state index in [4.69, 9.17) is 11.6 Å². The molecule has 0 N–H and O–H groups in total. The third-order valence-corrected chi connectivity index (χ3v) is 3.91. The van der Waals surface area contributed by atoms with Crippen molar-refractivity contribution >= 4 is 23.3 Å². The standard InChI is InChI=1S/C15H14ClFN4O/c16-13-9-11(17)1-2-12(13)15(22)21-7-5-20(6-8-21)14-10-18-3-4-19-14/h1-4,9-10H,5-8H2. The van der Waals surface area contributed by atoms with Gasteiger partial charge in [0.15, 0.2) is 0 Å². The van der Waals surface area contributed by atoms with Crippen molar-refractivity contribution in [3.05, 3.63) is 53.2 Å². The van der Waals surface area contributed by atoms with Gasteiger partial charge < -0.3 is 9.80 Å². The molecule has 3 rings (SSSR count). The normalized spacial score (nSPS) is 15.0. The molecule has 0 bridgehead atoms. The van der Waals surface area contributed by atoms with Gasteiger partial charge in [0, 0.05) is 38.6 Å². The monoisotopic (exact) mass is 320 g/mol. The van der Waals surface area contributed by atoms with Crippen LogP contribution in [-0.2, 0) is 0 Å². The maximum absolute atomic E-state index is 13.1. The Hall–Kier alpha value is -2.21. The van der Waals surface area contributed by atoms with Gasteiger partial charge >= 0.3 is 0 Å². The molecular formula is C15H14ClFN4O. The first kappa shape index (κ1) is 14.7. The molecule has 1 amide bonds. The molecule has 1 aromatic carbocycles. The highest BCUT2D eigenvalue weighted by Gasteiger charge is 2.24. The molecule has 1 fully saturated rings. The number of amides is 1. The van der Waals surface area contributed by atoms with Crippen molar-refractivity contribution < 1.29 is 9.18 Å². The highest BCUT2D eigenvalue weighted by atomic mass is 35.5. The minimum absolute atomic E-state index is 0.140. The number of aromatic nitrogens is 2. The maximum Gasteiger partial charge on any atom is 0.255 e. The minimum Gasteiger partial charge on any atom is -0.352 e. The number of piperazine rings is 1. The van der Waals surface area contributed by atoms with E-state index in [1.165, 1.54) is 12.1 Å². The van der Waals surface area contributed by atoms with Crippen molar-refractivity contribution in [1.82, 2.24) is 14.9 Å². The van der Waals surface area contributed by atoms with Crippen LogP contribution < -0.4 is 4.90 Å². The van der Waals surface area contributed by atoms with E-state index in [1.807, 2.05) is 0 Å². The fourth-order valence-electron chi connectivity index (χ4n) is 2.43. The molecule has 7 heteroatoms.